The molecule has 27 heavy (non-hydrogen) atoms. The number of amides is 1. The highest BCUT2D eigenvalue weighted by atomic mass is 16.5. The summed E-state index contributed by atoms with van der Waals surface area (Å²) in [6.07, 6.45) is 0.931. The predicted octanol–water partition coefficient (Wildman–Crippen LogP) is 5.53. The zero-order chi connectivity index (χ0) is 19.2. The Hall–Kier alpha value is -3.01. The molecule has 0 atom stereocenters. The van der Waals surface area contributed by atoms with Gasteiger partial charge in [0.05, 0.1) is 6.61 Å². The van der Waals surface area contributed by atoms with Crippen LogP contribution in [-0.2, 0) is 11.2 Å². The Bertz CT molecular complexity index is 910. The van der Waals surface area contributed by atoms with Gasteiger partial charge in [0.15, 0.2) is 0 Å². The molecule has 0 radical (unpaired) electrons. The Morgan fingerprint density at radius 2 is 1.78 bits per heavy atom. The van der Waals surface area contributed by atoms with Crippen molar-refractivity contribution in [2.45, 2.75) is 33.6 Å². The van der Waals surface area contributed by atoms with E-state index >= 15 is 0 Å². The lowest BCUT2D eigenvalue weighted by atomic mass is 10.1. The maximum absolute atomic E-state index is 12.2. The SMILES string of the molecule is CCOc1ccc(NC(=O)CCc2ccc(-c3ccc(C)c(C)c3)o2)cc1. The molecular weight excluding hydrogens is 338 g/mol. The number of carbonyl (C=O) groups excluding carboxylic acids is 1. The Morgan fingerprint density at radius 1 is 1.00 bits per heavy atom. The number of anilines is 1. The molecule has 0 saturated carbocycles. The third-order valence-electron chi connectivity index (χ3n) is 4.50. The molecule has 0 spiro atoms. The monoisotopic (exact) mass is 363 g/mol. The van der Waals surface area contributed by atoms with E-state index in [1.165, 1.54) is 11.1 Å². The van der Waals surface area contributed by atoms with Crippen LogP contribution in [0.3, 0.4) is 0 Å². The molecule has 4 nitrogen and oxygen atoms in total. The predicted molar refractivity (Wildman–Crippen MR) is 108 cm³/mol. The lowest BCUT2D eigenvalue weighted by molar-refractivity contribution is -0.116. The fourth-order valence-corrected chi connectivity index (χ4v) is 2.82. The molecule has 0 aliphatic carbocycles. The third kappa shape index (κ3) is 5.00. The number of rotatable bonds is 7. The molecule has 1 N–H and O–H groups in total. The molecule has 2 aromatic carbocycles. The van der Waals surface area contributed by atoms with Crippen molar-refractivity contribution >= 4 is 11.6 Å². The van der Waals surface area contributed by atoms with E-state index in [1.807, 2.05) is 43.3 Å². The van der Waals surface area contributed by atoms with Crippen molar-refractivity contribution in [3.63, 3.8) is 0 Å². The number of nitrogens with one attached hydrogen (secondary N) is 1. The van der Waals surface area contributed by atoms with Crippen LogP contribution in [-0.4, -0.2) is 12.5 Å². The van der Waals surface area contributed by atoms with Crippen LogP contribution < -0.4 is 10.1 Å². The summed E-state index contributed by atoms with van der Waals surface area (Å²) in [6.45, 7) is 6.75. The van der Waals surface area contributed by atoms with Crippen LogP contribution in [0.4, 0.5) is 5.69 Å². The number of aryl methyl sites for hydroxylation is 3. The van der Waals surface area contributed by atoms with Gasteiger partial charge in [-0.3, -0.25) is 4.79 Å². The average molecular weight is 363 g/mol. The summed E-state index contributed by atoms with van der Waals surface area (Å²) in [5, 5.41) is 2.90. The number of hydrogen-bond donors (Lipinski definition) is 1. The zero-order valence-corrected chi connectivity index (χ0v) is 16.0. The summed E-state index contributed by atoms with van der Waals surface area (Å²) in [5.74, 6) is 2.40. The smallest absolute Gasteiger partial charge is 0.224 e. The second kappa shape index (κ2) is 8.58. The van der Waals surface area contributed by atoms with Gasteiger partial charge in [-0.25, -0.2) is 0 Å². The normalized spacial score (nSPS) is 10.6. The van der Waals surface area contributed by atoms with Crippen molar-refractivity contribution in [1.82, 2.24) is 0 Å². The number of hydrogen-bond acceptors (Lipinski definition) is 3. The Balaban J connectivity index is 1.54. The molecule has 1 heterocycles. The standard InChI is InChI=1S/C23H25NO3/c1-4-26-20-9-7-19(8-10-20)24-23(25)14-12-21-11-13-22(27-21)18-6-5-16(2)17(3)15-18/h5-11,13,15H,4,12,14H2,1-3H3,(H,24,25). The molecule has 3 rings (SSSR count). The van der Waals surface area contributed by atoms with Crippen LogP contribution in [0.25, 0.3) is 11.3 Å². The van der Waals surface area contributed by atoms with E-state index in [0.717, 1.165) is 28.5 Å². The van der Waals surface area contributed by atoms with Crippen LogP contribution in [0.5, 0.6) is 5.75 Å². The summed E-state index contributed by atoms with van der Waals surface area (Å²) >= 11 is 0. The first-order valence-corrected chi connectivity index (χ1v) is 9.24. The Morgan fingerprint density at radius 3 is 2.48 bits per heavy atom. The second-order valence-corrected chi connectivity index (χ2v) is 6.57. The number of ether oxygens (including phenoxy) is 1. The van der Waals surface area contributed by atoms with Gasteiger partial charge >= 0.3 is 0 Å². The highest BCUT2D eigenvalue weighted by Gasteiger charge is 2.09. The van der Waals surface area contributed by atoms with E-state index < -0.39 is 0 Å². The highest BCUT2D eigenvalue weighted by Crippen LogP contribution is 2.25. The van der Waals surface area contributed by atoms with Crippen molar-refractivity contribution in [3.05, 3.63) is 71.5 Å². The van der Waals surface area contributed by atoms with Crippen molar-refractivity contribution in [1.29, 1.82) is 0 Å². The van der Waals surface area contributed by atoms with Gasteiger partial charge in [-0.1, -0.05) is 12.1 Å². The second-order valence-electron chi connectivity index (χ2n) is 6.57. The van der Waals surface area contributed by atoms with Crippen LogP contribution in [0.1, 0.15) is 30.2 Å². The van der Waals surface area contributed by atoms with Gasteiger partial charge in [-0.15, -0.1) is 0 Å². The van der Waals surface area contributed by atoms with Crippen molar-refractivity contribution < 1.29 is 13.9 Å². The number of carbonyl (C=O) groups is 1. The average Bonchev–Trinajstić information content (AvgIpc) is 3.13. The van der Waals surface area contributed by atoms with E-state index in [-0.39, 0.29) is 5.91 Å². The molecule has 0 bridgehead atoms. The molecule has 1 amide bonds. The summed E-state index contributed by atoms with van der Waals surface area (Å²) in [5.41, 5.74) is 4.32. The van der Waals surface area contributed by atoms with E-state index in [4.69, 9.17) is 9.15 Å². The van der Waals surface area contributed by atoms with Gasteiger partial charge in [0.2, 0.25) is 5.91 Å². The first kappa shape index (κ1) is 18.8. The van der Waals surface area contributed by atoms with Gasteiger partial charge < -0.3 is 14.5 Å². The Kier molecular flexibility index (Phi) is 5.97. The minimum Gasteiger partial charge on any atom is -0.494 e. The van der Waals surface area contributed by atoms with E-state index in [9.17, 15) is 4.79 Å². The van der Waals surface area contributed by atoms with Gasteiger partial charge in [-0.2, -0.15) is 0 Å². The first-order valence-electron chi connectivity index (χ1n) is 9.24. The lowest BCUT2D eigenvalue weighted by Gasteiger charge is -2.07. The van der Waals surface area contributed by atoms with Crippen LogP contribution in [0.2, 0.25) is 0 Å². The van der Waals surface area contributed by atoms with E-state index in [0.29, 0.717) is 19.4 Å². The van der Waals surface area contributed by atoms with Gasteiger partial charge in [0.25, 0.3) is 0 Å². The molecule has 0 fully saturated rings. The minimum absolute atomic E-state index is 0.0386. The van der Waals surface area contributed by atoms with Crippen LogP contribution >= 0.6 is 0 Å². The lowest BCUT2D eigenvalue weighted by Crippen LogP contribution is -2.12. The summed E-state index contributed by atoms with van der Waals surface area (Å²) < 4.78 is 11.3. The Labute approximate surface area is 160 Å². The number of benzene rings is 2. The first-order chi connectivity index (χ1) is 13.0. The summed E-state index contributed by atoms with van der Waals surface area (Å²) in [6, 6.07) is 17.6. The quantitative estimate of drug-likeness (QED) is 0.600. The number of furan rings is 1. The molecule has 0 aliphatic rings. The van der Waals surface area contributed by atoms with E-state index in [2.05, 4.69) is 37.4 Å². The van der Waals surface area contributed by atoms with E-state index in [1.54, 1.807) is 0 Å². The fourth-order valence-electron chi connectivity index (χ4n) is 2.82. The molecule has 140 valence electrons. The maximum atomic E-state index is 12.2. The van der Waals surface area contributed by atoms with Gasteiger partial charge in [-0.05, 0) is 74.4 Å². The third-order valence-corrected chi connectivity index (χ3v) is 4.50. The molecule has 0 unspecified atom stereocenters. The fraction of sp³-hybridized carbons (Fsp3) is 0.261. The van der Waals surface area contributed by atoms with Crippen molar-refractivity contribution in [2.75, 3.05) is 11.9 Å². The molecule has 0 aliphatic heterocycles. The van der Waals surface area contributed by atoms with Crippen molar-refractivity contribution in [2.24, 2.45) is 0 Å². The molecule has 4 heteroatoms. The zero-order valence-electron chi connectivity index (χ0n) is 16.0. The summed E-state index contributed by atoms with van der Waals surface area (Å²) in [4.78, 5) is 12.2. The minimum atomic E-state index is -0.0386. The molecule has 0 saturated heterocycles. The van der Waals surface area contributed by atoms with Gasteiger partial charge in [0.1, 0.15) is 17.3 Å². The molecular formula is C23H25NO3. The largest absolute Gasteiger partial charge is 0.494 e. The molecule has 3 aromatic rings. The van der Waals surface area contributed by atoms with Crippen LogP contribution in [0.15, 0.2) is 59.0 Å². The topological polar surface area (TPSA) is 51.5 Å². The molecule has 1 aromatic heterocycles. The van der Waals surface area contributed by atoms with Crippen LogP contribution in [0, 0.1) is 13.8 Å². The summed E-state index contributed by atoms with van der Waals surface area (Å²) in [7, 11) is 0. The maximum Gasteiger partial charge on any atom is 0.224 e. The highest BCUT2D eigenvalue weighted by molar-refractivity contribution is 5.90. The van der Waals surface area contributed by atoms with Crippen molar-refractivity contribution in [3.8, 4) is 17.1 Å². The van der Waals surface area contributed by atoms with Gasteiger partial charge in [0, 0.05) is 24.1 Å².